The SMILES string of the molecule is O=C(O)c1ccc(C#Cc2cnc3ccccc3c2)cc1. The number of para-hydroxylation sites is 1. The quantitative estimate of drug-likeness (QED) is 0.692. The van der Waals surface area contributed by atoms with Gasteiger partial charge in [0.1, 0.15) is 0 Å². The van der Waals surface area contributed by atoms with E-state index in [0.29, 0.717) is 0 Å². The number of hydrogen-bond acceptors (Lipinski definition) is 2. The molecule has 1 heterocycles. The van der Waals surface area contributed by atoms with Gasteiger partial charge in [0, 0.05) is 22.7 Å². The van der Waals surface area contributed by atoms with Crippen LogP contribution in [0.15, 0.2) is 60.8 Å². The molecule has 3 rings (SSSR count). The molecule has 0 atom stereocenters. The van der Waals surface area contributed by atoms with Crippen LogP contribution < -0.4 is 0 Å². The van der Waals surface area contributed by atoms with Gasteiger partial charge < -0.3 is 5.11 Å². The van der Waals surface area contributed by atoms with Gasteiger partial charge in [-0.25, -0.2) is 4.79 Å². The molecule has 0 spiro atoms. The summed E-state index contributed by atoms with van der Waals surface area (Å²) in [7, 11) is 0. The van der Waals surface area contributed by atoms with Gasteiger partial charge in [-0.1, -0.05) is 30.0 Å². The fraction of sp³-hybridized carbons (Fsp3) is 0. The van der Waals surface area contributed by atoms with E-state index in [-0.39, 0.29) is 5.56 Å². The molecule has 21 heavy (non-hydrogen) atoms. The summed E-state index contributed by atoms with van der Waals surface area (Å²) in [6.45, 7) is 0. The predicted molar refractivity (Wildman–Crippen MR) is 81.1 cm³/mol. The van der Waals surface area contributed by atoms with Gasteiger partial charge in [-0.15, -0.1) is 0 Å². The Kier molecular flexibility index (Phi) is 3.36. The number of rotatable bonds is 1. The van der Waals surface area contributed by atoms with E-state index in [1.165, 1.54) is 0 Å². The van der Waals surface area contributed by atoms with Crippen molar-refractivity contribution in [3.63, 3.8) is 0 Å². The maximum atomic E-state index is 10.8. The van der Waals surface area contributed by atoms with Crippen molar-refractivity contribution in [2.24, 2.45) is 0 Å². The predicted octanol–water partition coefficient (Wildman–Crippen LogP) is 3.33. The van der Waals surface area contributed by atoms with E-state index in [0.717, 1.165) is 22.0 Å². The second-order valence-corrected chi connectivity index (χ2v) is 4.55. The molecule has 0 aliphatic rings. The van der Waals surface area contributed by atoms with Crippen LogP contribution in [-0.2, 0) is 0 Å². The summed E-state index contributed by atoms with van der Waals surface area (Å²) in [5.74, 6) is 5.11. The zero-order valence-corrected chi connectivity index (χ0v) is 11.1. The first-order valence-corrected chi connectivity index (χ1v) is 6.42. The Morgan fingerprint density at radius 3 is 2.43 bits per heavy atom. The summed E-state index contributed by atoms with van der Waals surface area (Å²) in [6.07, 6.45) is 1.74. The van der Waals surface area contributed by atoms with Gasteiger partial charge in [0.15, 0.2) is 0 Å². The number of benzene rings is 2. The summed E-state index contributed by atoms with van der Waals surface area (Å²) >= 11 is 0. The summed E-state index contributed by atoms with van der Waals surface area (Å²) in [5.41, 5.74) is 2.80. The molecule has 3 heteroatoms. The second kappa shape index (κ2) is 5.48. The Hall–Kier alpha value is -3.12. The van der Waals surface area contributed by atoms with E-state index in [1.807, 2.05) is 30.3 Å². The lowest BCUT2D eigenvalue weighted by atomic mass is 10.1. The average molecular weight is 273 g/mol. The van der Waals surface area contributed by atoms with Crippen molar-refractivity contribution in [1.29, 1.82) is 0 Å². The van der Waals surface area contributed by atoms with Gasteiger partial charge in [-0.3, -0.25) is 4.98 Å². The molecule has 0 saturated heterocycles. The molecule has 0 radical (unpaired) electrons. The number of carboxylic acid groups (broad SMARTS) is 1. The van der Waals surface area contributed by atoms with Crippen molar-refractivity contribution in [2.45, 2.75) is 0 Å². The van der Waals surface area contributed by atoms with Crippen LogP contribution in [0.4, 0.5) is 0 Å². The van der Waals surface area contributed by atoms with Crippen molar-refractivity contribution in [2.75, 3.05) is 0 Å². The smallest absolute Gasteiger partial charge is 0.335 e. The highest BCUT2D eigenvalue weighted by Gasteiger charge is 2.00. The third-order valence-electron chi connectivity index (χ3n) is 3.07. The number of nitrogens with zero attached hydrogens (tertiary/aromatic N) is 1. The summed E-state index contributed by atoms with van der Waals surface area (Å²) in [5, 5.41) is 9.89. The number of carbonyl (C=O) groups is 1. The number of fused-ring (bicyclic) bond motifs is 1. The Labute approximate surface area is 121 Å². The standard InChI is InChI=1S/C18H11NO2/c20-18(21)15-9-7-13(8-10-15)5-6-14-11-16-3-1-2-4-17(16)19-12-14/h1-4,7-12H,(H,20,21). The monoisotopic (exact) mass is 273 g/mol. The van der Waals surface area contributed by atoms with E-state index in [4.69, 9.17) is 5.11 Å². The number of aromatic carboxylic acids is 1. The van der Waals surface area contributed by atoms with E-state index in [1.54, 1.807) is 30.5 Å². The molecule has 3 aromatic rings. The number of aromatic nitrogens is 1. The Morgan fingerprint density at radius 2 is 1.67 bits per heavy atom. The van der Waals surface area contributed by atoms with Crippen LogP contribution in [0.2, 0.25) is 0 Å². The lowest BCUT2D eigenvalue weighted by Gasteiger charge is -1.97. The van der Waals surface area contributed by atoms with Crippen LogP contribution in [0.3, 0.4) is 0 Å². The van der Waals surface area contributed by atoms with Crippen LogP contribution in [0.25, 0.3) is 10.9 Å². The maximum absolute atomic E-state index is 10.8. The summed E-state index contributed by atoms with van der Waals surface area (Å²) in [6, 6.07) is 16.3. The van der Waals surface area contributed by atoms with E-state index < -0.39 is 5.97 Å². The van der Waals surface area contributed by atoms with Crippen molar-refractivity contribution >= 4 is 16.9 Å². The van der Waals surface area contributed by atoms with Gasteiger partial charge in [-0.05, 0) is 36.4 Å². The highest BCUT2D eigenvalue weighted by Crippen LogP contribution is 2.12. The minimum Gasteiger partial charge on any atom is -0.478 e. The van der Waals surface area contributed by atoms with Gasteiger partial charge in [0.05, 0.1) is 11.1 Å². The molecule has 0 saturated carbocycles. The third-order valence-corrected chi connectivity index (χ3v) is 3.07. The zero-order valence-electron chi connectivity index (χ0n) is 11.1. The molecule has 0 amide bonds. The highest BCUT2D eigenvalue weighted by molar-refractivity contribution is 5.87. The third kappa shape index (κ3) is 2.90. The Balaban J connectivity index is 1.89. The van der Waals surface area contributed by atoms with Gasteiger partial charge >= 0.3 is 5.97 Å². The second-order valence-electron chi connectivity index (χ2n) is 4.55. The molecule has 3 nitrogen and oxygen atoms in total. The van der Waals surface area contributed by atoms with Crippen molar-refractivity contribution in [1.82, 2.24) is 4.98 Å². The van der Waals surface area contributed by atoms with Gasteiger partial charge in [-0.2, -0.15) is 0 Å². The maximum Gasteiger partial charge on any atom is 0.335 e. The molecule has 0 bridgehead atoms. The topological polar surface area (TPSA) is 50.2 Å². The fourth-order valence-corrected chi connectivity index (χ4v) is 1.98. The van der Waals surface area contributed by atoms with E-state index in [2.05, 4.69) is 16.8 Å². The molecular formula is C18H11NO2. The van der Waals surface area contributed by atoms with Crippen LogP contribution in [0, 0.1) is 11.8 Å². The lowest BCUT2D eigenvalue weighted by molar-refractivity contribution is 0.0697. The highest BCUT2D eigenvalue weighted by atomic mass is 16.4. The average Bonchev–Trinajstić information content (AvgIpc) is 2.53. The first kappa shape index (κ1) is 12.9. The van der Waals surface area contributed by atoms with Crippen molar-refractivity contribution in [3.8, 4) is 11.8 Å². The zero-order chi connectivity index (χ0) is 14.7. The molecule has 0 aliphatic heterocycles. The lowest BCUT2D eigenvalue weighted by Crippen LogP contribution is -1.94. The number of pyridine rings is 1. The van der Waals surface area contributed by atoms with Gasteiger partial charge in [0.2, 0.25) is 0 Å². The van der Waals surface area contributed by atoms with Crippen LogP contribution in [0.1, 0.15) is 21.5 Å². The molecular weight excluding hydrogens is 262 g/mol. The van der Waals surface area contributed by atoms with Gasteiger partial charge in [0.25, 0.3) is 0 Å². The van der Waals surface area contributed by atoms with Crippen molar-refractivity contribution < 1.29 is 9.90 Å². The fourth-order valence-electron chi connectivity index (χ4n) is 1.98. The van der Waals surface area contributed by atoms with E-state index in [9.17, 15) is 4.79 Å². The minimum absolute atomic E-state index is 0.257. The first-order valence-electron chi connectivity index (χ1n) is 6.42. The molecule has 100 valence electrons. The number of hydrogen-bond donors (Lipinski definition) is 1. The van der Waals surface area contributed by atoms with Crippen LogP contribution in [-0.4, -0.2) is 16.1 Å². The molecule has 1 N–H and O–H groups in total. The van der Waals surface area contributed by atoms with Crippen molar-refractivity contribution in [3.05, 3.63) is 77.5 Å². The molecule has 2 aromatic carbocycles. The molecule has 0 unspecified atom stereocenters. The molecule has 0 aliphatic carbocycles. The molecule has 1 aromatic heterocycles. The summed E-state index contributed by atoms with van der Waals surface area (Å²) in [4.78, 5) is 15.1. The number of carboxylic acids is 1. The largest absolute Gasteiger partial charge is 0.478 e. The first-order chi connectivity index (χ1) is 10.2. The minimum atomic E-state index is -0.937. The van der Waals surface area contributed by atoms with Crippen LogP contribution in [0.5, 0.6) is 0 Å². The molecule has 0 fully saturated rings. The van der Waals surface area contributed by atoms with E-state index >= 15 is 0 Å². The Morgan fingerprint density at radius 1 is 0.952 bits per heavy atom. The van der Waals surface area contributed by atoms with Crippen LogP contribution >= 0.6 is 0 Å². The summed E-state index contributed by atoms with van der Waals surface area (Å²) < 4.78 is 0. The normalized spacial score (nSPS) is 9.90. The Bertz CT molecular complexity index is 871.